The zero-order valence-electron chi connectivity index (χ0n) is 13.8. The van der Waals surface area contributed by atoms with E-state index in [1.807, 2.05) is 6.92 Å². The molecule has 2 aromatic rings. The fraction of sp³-hybridized carbons (Fsp3) is 0.588. The molecule has 0 bridgehead atoms. The second kappa shape index (κ2) is 6.57. The lowest BCUT2D eigenvalue weighted by molar-refractivity contribution is 0.219. The Morgan fingerprint density at radius 2 is 2.00 bits per heavy atom. The van der Waals surface area contributed by atoms with Crippen LogP contribution in [0.5, 0.6) is 0 Å². The number of pyridine rings is 1. The van der Waals surface area contributed by atoms with Gasteiger partial charge in [0.05, 0.1) is 5.39 Å². The van der Waals surface area contributed by atoms with Crippen LogP contribution >= 0.6 is 0 Å². The Hall–Kier alpha value is -1.75. The molecule has 0 atom stereocenters. The first-order chi connectivity index (χ1) is 10.7. The van der Waals surface area contributed by atoms with Crippen LogP contribution in [0.1, 0.15) is 37.4 Å². The van der Waals surface area contributed by atoms with Crippen molar-refractivity contribution in [3.05, 3.63) is 23.7 Å². The molecule has 0 amide bonds. The number of aryl methyl sites for hydroxylation is 2. The lowest BCUT2D eigenvalue weighted by atomic mass is 10.0. The number of aromatic nitrogens is 3. The molecule has 3 rings (SSSR count). The fourth-order valence-corrected chi connectivity index (χ4v) is 3.33. The van der Waals surface area contributed by atoms with Crippen LogP contribution in [0.25, 0.3) is 11.0 Å². The topological polar surface area (TPSA) is 53.9 Å². The molecule has 0 saturated carbocycles. The third-order valence-electron chi connectivity index (χ3n) is 4.40. The van der Waals surface area contributed by atoms with Crippen LogP contribution in [0.2, 0.25) is 0 Å². The van der Waals surface area contributed by atoms with Crippen molar-refractivity contribution in [2.45, 2.75) is 46.1 Å². The third kappa shape index (κ3) is 3.19. The molecule has 0 unspecified atom stereocenters. The molecule has 0 radical (unpaired) electrons. The molecule has 5 heteroatoms. The normalized spacial score (nSPS) is 17.0. The molecule has 1 N–H and O–H groups in total. The van der Waals surface area contributed by atoms with E-state index < -0.39 is 0 Å². The maximum atomic E-state index is 4.53. The Morgan fingerprint density at radius 3 is 2.73 bits per heavy atom. The van der Waals surface area contributed by atoms with Gasteiger partial charge in [0.2, 0.25) is 0 Å². The maximum Gasteiger partial charge on any atom is 0.165 e. The van der Waals surface area contributed by atoms with Crippen molar-refractivity contribution < 1.29 is 0 Å². The summed E-state index contributed by atoms with van der Waals surface area (Å²) >= 11 is 0. The Morgan fingerprint density at radius 1 is 1.23 bits per heavy atom. The monoisotopic (exact) mass is 299 g/mol. The van der Waals surface area contributed by atoms with Gasteiger partial charge in [0, 0.05) is 24.8 Å². The third-order valence-corrected chi connectivity index (χ3v) is 4.40. The molecule has 1 saturated heterocycles. The average molecular weight is 299 g/mol. The van der Waals surface area contributed by atoms with Crippen molar-refractivity contribution in [1.29, 1.82) is 0 Å². The molecule has 0 spiro atoms. The van der Waals surface area contributed by atoms with Crippen molar-refractivity contribution >= 4 is 16.9 Å². The highest BCUT2D eigenvalue weighted by molar-refractivity contribution is 5.89. The Labute approximate surface area is 132 Å². The first kappa shape index (κ1) is 15.2. The van der Waals surface area contributed by atoms with E-state index in [1.54, 1.807) is 6.33 Å². The van der Waals surface area contributed by atoms with Crippen molar-refractivity contribution in [2.24, 2.45) is 0 Å². The zero-order valence-corrected chi connectivity index (χ0v) is 13.8. The summed E-state index contributed by atoms with van der Waals surface area (Å²) in [6.07, 6.45) is 5.19. The number of nitrogens with one attached hydrogen (secondary N) is 1. The van der Waals surface area contributed by atoms with E-state index in [4.69, 9.17) is 0 Å². The Balaban J connectivity index is 1.77. The van der Waals surface area contributed by atoms with Crippen LogP contribution < -0.4 is 5.32 Å². The number of nitrogens with zero attached hydrogens (tertiary/aromatic N) is 4. The van der Waals surface area contributed by atoms with Crippen LogP contribution in [0.15, 0.2) is 12.4 Å². The van der Waals surface area contributed by atoms with Gasteiger partial charge in [-0.3, -0.25) is 0 Å². The van der Waals surface area contributed by atoms with E-state index in [9.17, 15) is 0 Å². The largest absolute Gasteiger partial charge is 0.367 e. The standard InChI is InChI=1S/C17H25N5/c1-4-7-22-8-5-14(6-9-22)21-17-15-12(2)10-13(3)20-16(15)18-11-19-17/h10-11,14H,4-9H2,1-3H3,(H,18,19,20,21). The Kier molecular flexibility index (Phi) is 4.52. The molecular formula is C17H25N5. The van der Waals surface area contributed by atoms with E-state index in [-0.39, 0.29) is 0 Å². The van der Waals surface area contributed by atoms with Gasteiger partial charge in [-0.05, 0) is 51.3 Å². The van der Waals surface area contributed by atoms with E-state index in [0.717, 1.165) is 22.5 Å². The molecule has 1 aliphatic rings. The minimum Gasteiger partial charge on any atom is -0.367 e. The second-order valence-electron chi connectivity index (χ2n) is 6.26. The summed E-state index contributed by atoms with van der Waals surface area (Å²) < 4.78 is 0. The van der Waals surface area contributed by atoms with Crippen LogP contribution in [0.3, 0.4) is 0 Å². The molecule has 0 aromatic carbocycles. The van der Waals surface area contributed by atoms with E-state index in [1.165, 1.54) is 44.5 Å². The number of piperidine rings is 1. The lowest BCUT2D eigenvalue weighted by Crippen LogP contribution is -2.39. The number of likely N-dealkylation sites (tertiary alicyclic amines) is 1. The number of fused-ring (bicyclic) bond motifs is 1. The van der Waals surface area contributed by atoms with Crippen molar-refractivity contribution in [1.82, 2.24) is 19.9 Å². The summed E-state index contributed by atoms with van der Waals surface area (Å²) in [5.74, 6) is 0.934. The summed E-state index contributed by atoms with van der Waals surface area (Å²) in [6.45, 7) is 9.91. The minimum atomic E-state index is 0.493. The van der Waals surface area contributed by atoms with Crippen LogP contribution in [-0.2, 0) is 0 Å². The highest BCUT2D eigenvalue weighted by Gasteiger charge is 2.20. The van der Waals surface area contributed by atoms with Gasteiger partial charge in [0.15, 0.2) is 5.65 Å². The van der Waals surface area contributed by atoms with Gasteiger partial charge in [-0.25, -0.2) is 15.0 Å². The second-order valence-corrected chi connectivity index (χ2v) is 6.26. The van der Waals surface area contributed by atoms with E-state index in [0.29, 0.717) is 6.04 Å². The molecule has 0 aliphatic carbocycles. The number of anilines is 1. The van der Waals surface area contributed by atoms with Gasteiger partial charge in [-0.1, -0.05) is 6.92 Å². The van der Waals surface area contributed by atoms with Gasteiger partial charge in [-0.15, -0.1) is 0 Å². The highest BCUT2D eigenvalue weighted by atomic mass is 15.1. The maximum absolute atomic E-state index is 4.53. The average Bonchev–Trinajstić information content (AvgIpc) is 2.49. The summed E-state index contributed by atoms with van der Waals surface area (Å²) in [5.41, 5.74) is 2.98. The zero-order chi connectivity index (χ0) is 15.5. The number of hydrogen-bond acceptors (Lipinski definition) is 5. The number of rotatable bonds is 4. The molecule has 1 aliphatic heterocycles. The van der Waals surface area contributed by atoms with E-state index in [2.05, 4.69) is 45.1 Å². The SMILES string of the molecule is CCCN1CCC(Nc2ncnc3nc(C)cc(C)c23)CC1. The van der Waals surface area contributed by atoms with Crippen LogP contribution in [0, 0.1) is 13.8 Å². The fourth-order valence-electron chi connectivity index (χ4n) is 3.33. The molecule has 2 aromatic heterocycles. The summed E-state index contributed by atoms with van der Waals surface area (Å²) in [6, 6.07) is 2.59. The van der Waals surface area contributed by atoms with Crippen LogP contribution in [-0.4, -0.2) is 45.5 Å². The van der Waals surface area contributed by atoms with Crippen molar-refractivity contribution in [3.63, 3.8) is 0 Å². The summed E-state index contributed by atoms with van der Waals surface area (Å²) in [7, 11) is 0. The quantitative estimate of drug-likeness (QED) is 0.940. The lowest BCUT2D eigenvalue weighted by Gasteiger charge is -2.32. The van der Waals surface area contributed by atoms with Gasteiger partial charge in [0.1, 0.15) is 12.1 Å². The number of hydrogen-bond donors (Lipinski definition) is 1. The van der Waals surface area contributed by atoms with Crippen LogP contribution in [0.4, 0.5) is 5.82 Å². The van der Waals surface area contributed by atoms with Crippen molar-refractivity contribution in [2.75, 3.05) is 25.0 Å². The van der Waals surface area contributed by atoms with Gasteiger partial charge >= 0.3 is 0 Å². The predicted octanol–water partition coefficient (Wildman–Crippen LogP) is 2.93. The predicted molar refractivity (Wildman–Crippen MR) is 90.2 cm³/mol. The highest BCUT2D eigenvalue weighted by Crippen LogP contribution is 2.24. The Bertz CT molecular complexity index is 647. The molecule has 3 heterocycles. The molecule has 5 nitrogen and oxygen atoms in total. The minimum absolute atomic E-state index is 0.493. The first-order valence-electron chi connectivity index (χ1n) is 8.25. The first-order valence-corrected chi connectivity index (χ1v) is 8.25. The van der Waals surface area contributed by atoms with Crippen molar-refractivity contribution in [3.8, 4) is 0 Å². The van der Waals surface area contributed by atoms with Gasteiger partial charge in [-0.2, -0.15) is 0 Å². The molecular weight excluding hydrogens is 274 g/mol. The molecule has 118 valence electrons. The summed E-state index contributed by atoms with van der Waals surface area (Å²) in [4.78, 5) is 15.9. The molecule has 1 fully saturated rings. The van der Waals surface area contributed by atoms with E-state index >= 15 is 0 Å². The smallest absolute Gasteiger partial charge is 0.165 e. The van der Waals surface area contributed by atoms with Gasteiger partial charge in [0.25, 0.3) is 0 Å². The summed E-state index contributed by atoms with van der Waals surface area (Å²) in [5, 5.41) is 4.69. The van der Waals surface area contributed by atoms with Gasteiger partial charge < -0.3 is 10.2 Å². The molecule has 22 heavy (non-hydrogen) atoms.